The number of hydrogen-bond donors (Lipinski definition) is 1. The van der Waals surface area contributed by atoms with Crippen LogP contribution in [0.25, 0.3) is 16.8 Å². The summed E-state index contributed by atoms with van der Waals surface area (Å²) >= 11 is 6.09. The average Bonchev–Trinajstić information content (AvgIpc) is 3.38. The molecule has 146 valence electrons. The fraction of sp³-hybridized carbons (Fsp3) is 0.200. The smallest absolute Gasteiger partial charge is 0.210 e. The minimum absolute atomic E-state index is 0.236. The molecule has 4 heterocycles. The molecule has 0 unspecified atom stereocenters. The SMILES string of the molecule is Cc1ncccc1-c1cnc(NCc2c(F)cc(Cl)c3c2CCO3)n2cnnc12. The molecule has 0 bridgehead atoms. The van der Waals surface area contributed by atoms with Crippen molar-refractivity contribution in [1.82, 2.24) is 24.6 Å². The van der Waals surface area contributed by atoms with Gasteiger partial charge in [0.15, 0.2) is 5.65 Å². The van der Waals surface area contributed by atoms with Gasteiger partial charge in [0.2, 0.25) is 5.95 Å². The summed E-state index contributed by atoms with van der Waals surface area (Å²) in [6.07, 6.45) is 5.66. The second-order valence-corrected chi connectivity index (χ2v) is 7.14. The molecule has 3 aromatic heterocycles. The number of nitrogens with zero attached hydrogens (tertiary/aromatic N) is 5. The molecule has 1 aliphatic rings. The number of anilines is 1. The van der Waals surface area contributed by atoms with E-state index in [4.69, 9.17) is 16.3 Å². The van der Waals surface area contributed by atoms with E-state index in [1.807, 2.05) is 19.1 Å². The summed E-state index contributed by atoms with van der Waals surface area (Å²) in [7, 11) is 0. The highest BCUT2D eigenvalue weighted by molar-refractivity contribution is 6.32. The Labute approximate surface area is 170 Å². The molecule has 0 saturated heterocycles. The molecule has 1 aliphatic heterocycles. The second-order valence-electron chi connectivity index (χ2n) is 6.73. The molecule has 7 nitrogen and oxygen atoms in total. The Morgan fingerprint density at radius 2 is 2.21 bits per heavy atom. The summed E-state index contributed by atoms with van der Waals surface area (Å²) in [5.74, 6) is 0.710. The topological polar surface area (TPSA) is 77.2 Å². The van der Waals surface area contributed by atoms with Crippen LogP contribution in [0.2, 0.25) is 5.02 Å². The summed E-state index contributed by atoms with van der Waals surface area (Å²) in [5.41, 5.74) is 4.60. The summed E-state index contributed by atoms with van der Waals surface area (Å²) in [4.78, 5) is 8.85. The highest BCUT2D eigenvalue weighted by Gasteiger charge is 2.23. The van der Waals surface area contributed by atoms with Crippen LogP contribution in [0.15, 0.2) is 36.9 Å². The van der Waals surface area contributed by atoms with Crippen LogP contribution in [-0.2, 0) is 13.0 Å². The van der Waals surface area contributed by atoms with Crippen molar-refractivity contribution in [1.29, 1.82) is 0 Å². The van der Waals surface area contributed by atoms with E-state index in [0.717, 1.165) is 22.4 Å². The summed E-state index contributed by atoms with van der Waals surface area (Å²) in [6, 6.07) is 5.12. The lowest BCUT2D eigenvalue weighted by Gasteiger charge is -2.13. The minimum atomic E-state index is -0.366. The van der Waals surface area contributed by atoms with E-state index in [1.54, 1.807) is 23.1 Å². The Kier molecular flexibility index (Phi) is 4.28. The number of benzene rings is 1. The van der Waals surface area contributed by atoms with E-state index >= 15 is 0 Å². The van der Waals surface area contributed by atoms with Crippen LogP contribution in [0.3, 0.4) is 0 Å². The van der Waals surface area contributed by atoms with E-state index in [-0.39, 0.29) is 12.4 Å². The normalized spacial score (nSPS) is 12.8. The Morgan fingerprint density at radius 1 is 1.31 bits per heavy atom. The van der Waals surface area contributed by atoms with Gasteiger partial charge in [0.1, 0.15) is 17.9 Å². The lowest BCUT2D eigenvalue weighted by molar-refractivity contribution is 0.357. The molecule has 0 fully saturated rings. The lowest BCUT2D eigenvalue weighted by atomic mass is 10.0. The van der Waals surface area contributed by atoms with Gasteiger partial charge >= 0.3 is 0 Å². The van der Waals surface area contributed by atoms with Crippen molar-refractivity contribution in [2.45, 2.75) is 19.9 Å². The molecule has 0 saturated carbocycles. The van der Waals surface area contributed by atoms with E-state index in [1.165, 1.54) is 6.07 Å². The number of pyridine rings is 1. The molecule has 0 spiro atoms. The molecule has 29 heavy (non-hydrogen) atoms. The van der Waals surface area contributed by atoms with Crippen molar-refractivity contribution in [3.63, 3.8) is 0 Å². The largest absolute Gasteiger partial charge is 0.491 e. The Balaban J connectivity index is 1.51. The predicted molar refractivity (Wildman–Crippen MR) is 107 cm³/mol. The number of aromatic nitrogens is 5. The predicted octanol–water partition coefficient (Wildman–Crippen LogP) is 3.83. The van der Waals surface area contributed by atoms with Crippen molar-refractivity contribution in [3.8, 4) is 16.9 Å². The zero-order valence-electron chi connectivity index (χ0n) is 15.5. The third-order valence-electron chi connectivity index (χ3n) is 5.05. The molecular weight excluding hydrogens is 395 g/mol. The summed E-state index contributed by atoms with van der Waals surface area (Å²) < 4.78 is 21.8. The van der Waals surface area contributed by atoms with E-state index < -0.39 is 0 Å². The molecule has 9 heteroatoms. The molecule has 4 aromatic rings. The Hall–Kier alpha value is -3.26. The number of hydrogen-bond acceptors (Lipinski definition) is 6. The van der Waals surface area contributed by atoms with Crippen LogP contribution in [0.4, 0.5) is 10.3 Å². The fourth-order valence-corrected chi connectivity index (χ4v) is 3.90. The first-order valence-electron chi connectivity index (χ1n) is 9.10. The van der Waals surface area contributed by atoms with Gasteiger partial charge in [-0.05, 0) is 19.1 Å². The molecule has 5 rings (SSSR count). The Morgan fingerprint density at radius 3 is 3.07 bits per heavy atom. The van der Waals surface area contributed by atoms with Crippen molar-refractivity contribution < 1.29 is 9.13 Å². The molecule has 0 amide bonds. The van der Waals surface area contributed by atoms with E-state index in [9.17, 15) is 4.39 Å². The van der Waals surface area contributed by atoms with Gasteiger partial charge in [-0.25, -0.2) is 9.37 Å². The highest BCUT2D eigenvalue weighted by atomic mass is 35.5. The third-order valence-corrected chi connectivity index (χ3v) is 5.33. The van der Waals surface area contributed by atoms with Crippen molar-refractivity contribution in [2.75, 3.05) is 11.9 Å². The number of ether oxygens (including phenoxy) is 1. The van der Waals surface area contributed by atoms with Gasteiger partial charge in [-0.15, -0.1) is 10.2 Å². The number of nitrogens with one attached hydrogen (secondary N) is 1. The van der Waals surface area contributed by atoms with Gasteiger partial charge in [-0.3, -0.25) is 9.38 Å². The van der Waals surface area contributed by atoms with Gasteiger partial charge in [0.25, 0.3) is 0 Å². The fourth-order valence-electron chi connectivity index (χ4n) is 3.63. The lowest BCUT2D eigenvalue weighted by Crippen LogP contribution is -2.10. The van der Waals surface area contributed by atoms with Crippen molar-refractivity contribution in [2.24, 2.45) is 0 Å². The monoisotopic (exact) mass is 410 g/mol. The molecular formula is C20H16ClFN6O. The van der Waals surface area contributed by atoms with E-state index in [2.05, 4.69) is 25.5 Å². The number of halogens is 2. The van der Waals surface area contributed by atoms with Crippen molar-refractivity contribution in [3.05, 3.63) is 64.6 Å². The number of aryl methyl sites for hydroxylation is 1. The van der Waals surface area contributed by atoms with Gasteiger partial charge in [0.05, 0.1) is 11.6 Å². The zero-order valence-corrected chi connectivity index (χ0v) is 16.2. The molecule has 1 N–H and O–H groups in total. The molecule has 0 atom stereocenters. The first-order valence-corrected chi connectivity index (χ1v) is 9.48. The van der Waals surface area contributed by atoms with Crippen molar-refractivity contribution >= 4 is 23.2 Å². The number of rotatable bonds is 4. The zero-order chi connectivity index (χ0) is 20.0. The van der Waals surface area contributed by atoms with Crippen LogP contribution >= 0.6 is 11.6 Å². The van der Waals surface area contributed by atoms with E-state index in [0.29, 0.717) is 41.0 Å². The summed E-state index contributed by atoms with van der Waals surface area (Å²) in [6.45, 7) is 2.67. The van der Waals surface area contributed by atoms with Gasteiger partial charge in [-0.2, -0.15) is 0 Å². The van der Waals surface area contributed by atoms with Gasteiger partial charge < -0.3 is 10.1 Å². The standard InChI is InChI=1S/C20H16ClFN6O/c1-11-12(3-2-5-23-11)15-9-25-20(28-10-26-27-19(15)28)24-8-14-13-4-6-29-18(13)16(21)7-17(14)22/h2-3,5,7,9-10H,4,6,8H2,1H3,(H,24,25). The van der Waals surface area contributed by atoms with Crippen LogP contribution in [0, 0.1) is 12.7 Å². The molecule has 0 radical (unpaired) electrons. The van der Waals surface area contributed by atoms with Crippen LogP contribution in [0.1, 0.15) is 16.8 Å². The highest BCUT2D eigenvalue weighted by Crippen LogP contribution is 2.37. The average molecular weight is 411 g/mol. The molecule has 1 aromatic carbocycles. The summed E-state index contributed by atoms with van der Waals surface area (Å²) in [5, 5.41) is 11.7. The van der Waals surface area contributed by atoms with Gasteiger partial charge in [-0.1, -0.05) is 17.7 Å². The maximum atomic E-state index is 14.6. The Bertz CT molecular complexity index is 1240. The third kappa shape index (κ3) is 2.96. The van der Waals surface area contributed by atoms with Crippen LogP contribution in [0.5, 0.6) is 5.75 Å². The van der Waals surface area contributed by atoms with Crippen LogP contribution in [-0.4, -0.2) is 31.2 Å². The quantitative estimate of drug-likeness (QED) is 0.551. The molecule has 0 aliphatic carbocycles. The first kappa shape index (κ1) is 17.8. The maximum absolute atomic E-state index is 14.6. The second kappa shape index (κ2) is 6.97. The van der Waals surface area contributed by atoms with Gasteiger partial charge in [0, 0.05) is 53.3 Å². The minimum Gasteiger partial charge on any atom is -0.491 e. The maximum Gasteiger partial charge on any atom is 0.210 e. The first-order chi connectivity index (χ1) is 14.1. The number of fused-ring (bicyclic) bond motifs is 2. The van der Waals surface area contributed by atoms with Crippen LogP contribution < -0.4 is 10.1 Å².